The highest BCUT2D eigenvalue weighted by Gasteiger charge is 2.05. The summed E-state index contributed by atoms with van der Waals surface area (Å²) in [6, 6.07) is 13.1. The van der Waals surface area contributed by atoms with Gasteiger partial charge in [0.05, 0.1) is 6.21 Å². The van der Waals surface area contributed by atoms with Crippen LogP contribution < -0.4 is 10.7 Å². The van der Waals surface area contributed by atoms with Crippen LogP contribution in [0.4, 0.5) is 5.69 Å². The van der Waals surface area contributed by atoms with Crippen molar-refractivity contribution in [1.29, 1.82) is 0 Å². The van der Waals surface area contributed by atoms with Crippen LogP contribution >= 0.6 is 0 Å². The Morgan fingerprint density at radius 3 is 2.64 bits per heavy atom. The molecule has 0 aliphatic rings. The zero-order valence-electron chi connectivity index (χ0n) is 11.9. The van der Waals surface area contributed by atoms with Crippen molar-refractivity contribution < 1.29 is 14.7 Å². The first-order valence-electron chi connectivity index (χ1n) is 6.55. The molecule has 6 nitrogen and oxygen atoms in total. The SMILES string of the molecule is CC(=O)Nc1cccc(C(=O)NN=Cc2ccccc2O)c1. The van der Waals surface area contributed by atoms with Crippen LogP contribution in [0.1, 0.15) is 22.8 Å². The van der Waals surface area contributed by atoms with E-state index in [-0.39, 0.29) is 11.7 Å². The lowest BCUT2D eigenvalue weighted by molar-refractivity contribution is -0.114. The Hall–Kier alpha value is -3.15. The standard InChI is InChI=1S/C16H15N3O3/c1-11(20)18-14-7-4-6-12(9-14)16(22)19-17-10-13-5-2-3-8-15(13)21/h2-10,21H,1H3,(H,18,20)(H,19,22). The minimum absolute atomic E-state index is 0.0770. The number of para-hydroxylation sites is 1. The molecule has 0 atom stereocenters. The summed E-state index contributed by atoms with van der Waals surface area (Å²) >= 11 is 0. The lowest BCUT2D eigenvalue weighted by Gasteiger charge is -2.04. The molecule has 22 heavy (non-hydrogen) atoms. The Labute approximate surface area is 127 Å². The quantitative estimate of drug-likeness (QED) is 0.596. The summed E-state index contributed by atoms with van der Waals surface area (Å²) in [6.45, 7) is 1.39. The van der Waals surface area contributed by atoms with Crippen molar-refractivity contribution in [2.24, 2.45) is 5.10 Å². The molecule has 0 heterocycles. The van der Waals surface area contributed by atoms with E-state index in [0.717, 1.165) is 0 Å². The Balaban J connectivity index is 2.03. The maximum absolute atomic E-state index is 12.0. The van der Waals surface area contributed by atoms with Crippen molar-refractivity contribution in [2.75, 3.05) is 5.32 Å². The summed E-state index contributed by atoms with van der Waals surface area (Å²) < 4.78 is 0. The molecule has 2 rings (SSSR count). The van der Waals surface area contributed by atoms with E-state index in [1.165, 1.54) is 19.2 Å². The van der Waals surface area contributed by atoms with Gasteiger partial charge in [-0.2, -0.15) is 5.10 Å². The van der Waals surface area contributed by atoms with Gasteiger partial charge in [0.2, 0.25) is 5.91 Å². The Morgan fingerprint density at radius 2 is 1.91 bits per heavy atom. The Morgan fingerprint density at radius 1 is 1.14 bits per heavy atom. The molecule has 2 amide bonds. The third kappa shape index (κ3) is 4.17. The fraction of sp³-hybridized carbons (Fsp3) is 0.0625. The average molecular weight is 297 g/mol. The number of benzene rings is 2. The highest BCUT2D eigenvalue weighted by molar-refractivity contribution is 5.97. The molecule has 0 saturated heterocycles. The maximum atomic E-state index is 12.0. The second kappa shape index (κ2) is 7.03. The van der Waals surface area contributed by atoms with Gasteiger partial charge >= 0.3 is 0 Å². The minimum atomic E-state index is -0.418. The predicted molar refractivity (Wildman–Crippen MR) is 83.9 cm³/mol. The number of amides is 2. The summed E-state index contributed by atoms with van der Waals surface area (Å²) in [4.78, 5) is 23.0. The average Bonchev–Trinajstić information content (AvgIpc) is 2.48. The van der Waals surface area contributed by atoms with E-state index in [2.05, 4.69) is 15.8 Å². The number of anilines is 1. The van der Waals surface area contributed by atoms with Crippen molar-refractivity contribution in [2.45, 2.75) is 6.92 Å². The van der Waals surface area contributed by atoms with E-state index in [1.54, 1.807) is 42.5 Å². The molecule has 0 saturated carbocycles. The molecule has 112 valence electrons. The van der Waals surface area contributed by atoms with Crippen LogP contribution in [0.3, 0.4) is 0 Å². The van der Waals surface area contributed by atoms with Gasteiger partial charge in [-0.15, -0.1) is 0 Å². The van der Waals surface area contributed by atoms with Crippen molar-refractivity contribution >= 4 is 23.7 Å². The van der Waals surface area contributed by atoms with Crippen LogP contribution in [-0.4, -0.2) is 23.1 Å². The summed E-state index contributed by atoms with van der Waals surface area (Å²) in [6.07, 6.45) is 1.35. The van der Waals surface area contributed by atoms with E-state index in [1.807, 2.05) is 0 Å². The van der Waals surface area contributed by atoms with Crippen molar-refractivity contribution in [3.05, 3.63) is 59.7 Å². The monoisotopic (exact) mass is 297 g/mol. The fourth-order valence-electron chi connectivity index (χ4n) is 1.76. The summed E-state index contributed by atoms with van der Waals surface area (Å²) in [7, 11) is 0. The smallest absolute Gasteiger partial charge is 0.271 e. The van der Waals surface area contributed by atoms with Crippen LogP contribution in [0.15, 0.2) is 53.6 Å². The lowest BCUT2D eigenvalue weighted by atomic mass is 10.2. The van der Waals surface area contributed by atoms with E-state index in [4.69, 9.17) is 0 Å². The van der Waals surface area contributed by atoms with Crippen molar-refractivity contribution in [3.63, 3.8) is 0 Å². The molecule has 0 radical (unpaired) electrons. The molecule has 0 aromatic heterocycles. The van der Waals surface area contributed by atoms with Crippen LogP contribution in [0, 0.1) is 0 Å². The summed E-state index contributed by atoms with van der Waals surface area (Å²) in [5, 5.41) is 16.0. The first-order chi connectivity index (χ1) is 10.6. The third-order valence-electron chi connectivity index (χ3n) is 2.75. The van der Waals surface area contributed by atoms with Crippen molar-refractivity contribution in [3.8, 4) is 5.75 Å². The molecule has 2 aromatic carbocycles. The van der Waals surface area contributed by atoms with Gasteiger partial charge in [-0.05, 0) is 30.3 Å². The second-order valence-corrected chi connectivity index (χ2v) is 4.52. The number of hydrazone groups is 1. The highest BCUT2D eigenvalue weighted by Crippen LogP contribution is 2.13. The van der Waals surface area contributed by atoms with Crippen LogP contribution in [0.2, 0.25) is 0 Å². The Kier molecular flexibility index (Phi) is 4.87. The molecule has 0 spiro atoms. The predicted octanol–water partition coefficient (Wildman–Crippen LogP) is 2.11. The number of hydrogen-bond acceptors (Lipinski definition) is 4. The topological polar surface area (TPSA) is 90.8 Å². The molecule has 0 aliphatic heterocycles. The van der Waals surface area contributed by atoms with E-state index >= 15 is 0 Å². The first-order valence-corrected chi connectivity index (χ1v) is 6.55. The summed E-state index contributed by atoms with van der Waals surface area (Å²) in [5.74, 6) is -0.554. The Bertz CT molecular complexity index is 726. The third-order valence-corrected chi connectivity index (χ3v) is 2.75. The number of phenols is 1. The normalized spacial score (nSPS) is 10.4. The molecular formula is C16H15N3O3. The maximum Gasteiger partial charge on any atom is 0.271 e. The van der Waals surface area contributed by atoms with E-state index in [0.29, 0.717) is 16.8 Å². The number of nitrogens with one attached hydrogen (secondary N) is 2. The van der Waals surface area contributed by atoms with Gasteiger partial charge in [0.25, 0.3) is 5.91 Å². The van der Waals surface area contributed by atoms with Gasteiger partial charge in [0.1, 0.15) is 5.75 Å². The molecule has 3 N–H and O–H groups in total. The number of aromatic hydroxyl groups is 1. The largest absolute Gasteiger partial charge is 0.507 e. The lowest BCUT2D eigenvalue weighted by Crippen LogP contribution is -2.18. The van der Waals surface area contributed by atoms with Crippen LogP contribution in [0.25, 0.3) is 0 Å². The first kappa shape index (κ1) is 15.2. The summed E-state index contributed by atoms with van der Waals surface area (Å²) in [5.41, 5.74) is 3.75. The molecule has 0 aliphatic carbocycles. The molecular weight excluding hydrogens is 282 g/mol. The number of rotatable bonds is 4. The number of phenolic OH excluding ortho intramolecular Hbond substituents is 1. The highest BCUT2D eigenvalue weighted by atomic mass is 16.3. The van der Waals surface area contributed by atoms with Crippen molar-refractivity contribution in [1.82, 2.24) is 5.43 Å². The van der Waals surface area contributed by atoms with E-state index in [9.17, 15) is 14.7 Å². The molecule has 0 unspecified atom stereocenters. The zero-order valence-corrected chi connectivity index (χ0v) is 11.9. The number of hydrogen-bond donors (Lipinski definition) is 3. The number of carbonyl (C=O) groups is 2. The zero-order chi connectivity index (χ0) is 15.9. The molecule has 2 aromatic rings. The molecule has 6 heteroatoms. The van der Waals surface area contributed by atoms with Gasteiger partial charge < -0.3 is 10.4 Å². The second-order valence-electron chi connectivity index (χ2n) is 4.52. The number of carbonyl (C=O) groups excluding carboxylic acids is 2. The van der Waals surface area contributed by atoms with Gasteiger partial charge in [-0.3, -0.25) is 9.59 Å². The van der Waals surface area contributed by atoms with Gasteiger partial charge in [-0.1, -0.05) is 18.2 Å². The number of nitrogens with zero attached hydrogens (tertiary/aromatic N) is 1. The van der Waals surface area contributed by atoms with Gasteiger partial charge in [0.15, 0.2) is 0 Å². The van der Waals surface area contributed by atoms with E-state index < -0.39 is 5.91 Å². The van der Waals surface area contributed by atoms with Crippen LogP contribution in [0.5, 0.6) is 5.75 Å². The minimum Gasteiger partial charge on any atom is -0.507 e. The van der Waals surface area contributed by atoms with Gasteiger partial charge in [0, 0.05) is 23.7 Å². The fourth-order valence-corrected chi connectivity index (χ4v) is 1.76. The van der Waals surface area contributed by atoms with Crippen LogP contribution in [-0.2, 0) is 4.79 Å². The molecule has 0 fully saturated rings. The van der Waals surface area contributed by atoms with Gasteiger partial charge in [-0.25, -0.2) is 5.43 Å². The molecule has 0 bridgehead atoms.